The zero-order valence-electron chi connectivity index (χ0n) is 24.2. The van der Waals surface area contributed by atoms with Crippen LogP contribution in [-0.2, 0) is 6.54 Å². The number of rotatable bonds is 11. The van der Waals surface area contributed by atoms with Crippen LogP contribution in [0, 0.1) is 5.41 Å². The molecule has 4 rings (SSSR count). The summed E-state index contributed by atoms with van der Waals surface area (Å²) >= 11 is 0. The number of aromatic nitrogens is 2. The Labute approximate surface area is 228 Å². The summed E-state index contributed by atoms with van der Waals surface area (Å²) in [6, 6.07) is 14.9. The second-order valence-corrected chi connectivity index (χ2v) is 11.7. The first-order valence-electron chi connectivity index (χ1n) is 13.6. The summed E-state index contributed by atoms with van der Waals surface area (Å²) in [5, 5.41) is 8.35. The van der Waals surface area contributed by atoms with Crippen LogP contribution in [0.25, 0.3) is 10.9 Å². The van der Waals surface area contributed by atoms with Gasteiger partial charge in [0.2, 0.25) is 5.95 Å². The number of fused-ring (bicyclic) bond motifs is 1. The molecule has 3 aromatic rings. The first-order chi connectivity index (χ1) is 18.1. The maximum absolute atomic E-state index is 5.70. The lowest BCUT2D eigenvalue weighted by molar-refractivity contribution is 0.209. The molecule has 0 spiro atoms. The second-order valence-electron chi connectivity index (χ2n) is 11.7. The first kappa shape index (κ1) is 27.9. The highest BCUT2D eigenvalue weighted by Crippen LogP contribution is 2.31. The normalized spacial score (nSPS) is 15.2. The number of ether oxygens (including phenoxy) is 1. The van der Waals surface area contributed by atoms with E-state index >= 15 is 0 Å². The molecule has 8 heteroatoms. The molecule has 1 aliphatic heterocycles. The van der Waals surface area contributed by atoms with Crippen molar-refractivity contribution in [1.29, 1.82) is 0 Å². The number of nitrogens with zero attached hydrogens (tertiary/aromatic N) is 5. The molecule has 8 nitrogen and oxygen atoms in total. The van der Waals surface area contributed by atoms with E-state index in [1.165, 1.54) is 11.3 Å². The average molecular weight is 520 g/mol. The van der Waals surface area contributed by atoms with Crippen LogP contribution in [0.1, 0.15) is 32.3 Å². The summed E-state index contributed by atoms with van der Waals surface area (Å²) in [5.41, 5.74) is 3.53. The molecule has 2 heterocycles. The van der Waals surface area contributed by atoms with Gasteiger partial charge in [0.1, 0.15) is 11.6 Å². The summed E-state index contributed by atoms with van der Waals surface area (Å²) in [6.07, 6.45) is 2.12. The summed E-state index contributed by atoms with van der Waals surface area (Å²) in [7, 11) is 10.2. The van der Waals surface area contributed by atoms with Crippen molar-refractivity contribution < 1.29 is 4.74 Å². The number of hydrogen-bond donors (Lipinski definition) is 2. The van der Waals surface area contributed by atoms with Gasteiger partial charge in [-0.25, -0.2) is 4.98 Å². The van der Waals surface area contributed by atoms with Crippen molar-refractivity contribution in [2.45, 2.75) is 39.3 Å². The van der Waals surface area contributed by atoms with Crippen LogP contribution in [0.15, 0.2) is 42.5 Å². The van der Waals surface area contributed by atoms with Crippen molar-refractivity contribution in [3.05, 3.63) is 48.0 Å². The number of piperidine rings is 1. The van der Waals surface area contributed by atoms with E-state index in [4.69, 9.17) is 14.7 Å². The number of hydrogen-bond acceptors (Lipinski definition) is 8. The quantitative estimate of drug-likeness (QED) is 0.375. The molecular weight excluding hydrogens is 474 g/mol. The van der Waals surface area contributed by atoms with Crippen molar-refractivity contribution in [1.82, 2.24) is 19.8 Å². The van der Waals surface area contributed by atoms with Crippen LogP contribution in [-0.4, -0.2) is 87.3 Å². The van der Waals surface area contributed by atoms with Crippen molar-refractivity contribution in [2.75, 3.05) is 77.0 Å². The standard InChI is InChI=1S/C30H45N7O/c1-30(2,21-35(3)4)20-31-29-33-25-12-9-8-11-23(25)28(34-29)32-22-15-17-37(18-16-22)19-24-26(36(5)6)13-10-14-27(24)38-7/h8-14,22H,15-21H2,1-7H3,(H2,31,32,33,34). The van der Waals surface area contributed by atoms with Crippen molar-refractivity contribution in [3.8, 4) is 5.75 Å². The van der Waals surface area contributed by atoms with Crippen LogP contribution >= 0.6 is 0 Å². The van der Waals surface area contributed by atoms with Crippen LogP contribution in [0.2, 0.25) is 0 Å². The summed E-state index contributed by atoms with van der Waals surface area (Å²) in [5.74, 6) is 2.56. The van der Waals surface area contributed by atoms with Crippen LogP contribution < -0.4 is 20.3 Å². The van der Waals surface area contributed by atoms with Crippen molar-refractivity contribution in [3.63, 3.8) is 0 Å². The molecule has 206 valence electrons. The largest absolute Gasteiger partial charge is 0.496 e. The monoisotopic (exact) mass is 519 g/mol. The fourth-order valence-electron chi connectivity index (χ4n) is 5.47. The van der Waals surface area contributed by atoms with Gasteiger partial charge in [0.05, 0.1) is 12.6 Å². The third kappa shape index (κ3) is 7.05. The minimum Gasteiger partial charge on any atom is -0.496 e. The minimum atomic E-state index is 0.104. The maximum atomic E-state index is 5.70. The molecule has 2 N–H and O–H groups in total. The molecule has 1 aromatic heterocycles. The fourth-order valence-corrected chi connectivity index (χ4v) is 5.47. The van der Waals surface area contributed by atoms with E-state index in [1.54, 1.807) is 7.11 Å². The van der Waals surface area contributed by atoms with Crippen LogP contribution in [0.4, 0.5) is 17.5 Å². The van der Waals surface area contributed by atoms with Gasteiger partial charge in [0.15, 0.2) is 0 Å². The van der Waals surface area contributed by atoms with E-state index in [0.29, 0.717) is 12.0 Å². The minimum absolute atomic E-state index is 0.104. The van der Waals surface area contributed by atoms with Gasteiger partial charge in [0, 0.05) is 69.5 Å². The van der Waals surface area contributed by atoms with E-state index in [0.717, 1.165) is 68.0 Å². The van der Waals surface area contributed by atoms with Crippen LogP contribution in [0.3, 0.4) is 0 Å². The number of benzene rings is 2. The SMILES string of the molecule is COc1cccc(N(C)C)c1CN1CCC(Nc2nc(NCC(C)(C)CN(C)C)nc3ccccc23)CC1. The fraction of sp³-hybridized carbons (Fsp3) is 0.533. The smallest absolute Gasteiger partial charge is 0.225 e. The zero-order chi connectivity index (χ0) is 27.3. The number of likely N-dealkylation sites (tertiary alicyclic amines) is 1. The summed E-state index contributed by atoms with van der Waals surface area (Å²) < 4.78 is 5.70. The lowest BCUT2D eigenvalue weighted by Crippen LogP contribution is -2.39. The molecule has 0 unspecified atom stereocenters. The summed E-state index contributed by atoms with van der Waals surface area (Å²) in [6.45, 7) is 9.25. The van der Waals surface area contributed by atoms with Gasteiger partial charge in [-0.05, 0) is 56.6 Å². The lowest BCUT2D eigenvalue weighted by atomic mass is 9.93. The highest BCUT2D eigenvalue weighted by molar-refractivity contribution is 5.90. The Morgan fingerprint density at radius 2 is 1.74 bits per heavy atom. The number of para-hydroxylation sites is 1. The Balaban J connectivity index is 1.43. The Kier molecular flexibility index (Phi) is 8.95. The van der Waals surface area contributed by atoms with Crippen molar-refractivity contribution >= 4 is 28.4 Å². The molecule has 0 saturated carbocycles. The molecule has 2 aromatic carbocycles. The van der Waals surface area contributed by atoms with Gasteiger partial charge in [-0.1, -0.05) is 32.0 Å². The Hall–Kier alpha value is -3.10. The Morgan fingerprint density at radius 1 is 1.00 bits per heavy atom. The van der Waals surface area contributed by atoms with Crippen LogP contribution in [0.5, 0.6) is 5.75 Å². The third-order valence-corrected chi connectivity index (χ3v) is 7.19. The molecule has 0 radical (unpaired) electrons. The van der Waals surface area contributed by atoms with E-state index in [2.05, 4.69) is 104 Å². The highest BCUT2D eigenvalue weighted by Gasteiger charge is 2.24. The average Bonchev–Trinajstić information content (AvgIpc) is 2.88. The van der Waals surface area contributed by atoms with E-state index in [1.807, 2.05) is 6.07 Å². The van der Waals surface area contributed by atoms with Crippen molar-refractivity contribution in [2.24, 2.45) is 5.41 Å². The molecule has 0 atom stereocenters. The number of nitrogens with one attached hydrogen (secondary N) is 2. The molecule has 0 amide bonds. The summed E-state index contributed by atoms with van der Waals surface area (Å²) in [4.78, 5) is 16.7. The first-order valence-corrected chi connectivity index (χ1v) is 13.6. The molecule has 1 saturated heterocycles. The lowest BCUT2D eigenvalue weighted by Gasteiger charge is -2.34. The maximum Gasteiger partial charge on any atom is 0.225 e. The van der Waals surface area contributed by atoms with Gasteiger partial charge in [-0.3, -0.25) is 4.90 Å². The third-order valence-electron chi connectivity index (χ3n) is 7.19. The topological polar surface area (TPSA) is 68.8 Å². The van der Waals surface area contributed by atoms with E-state index in [9.17, 15) is 0 Å². The molecule has 0 bridgehead atoms. The molecule has 0 aliphatic carbocycles. The molecule has 38 heavy (non-hydrogen) atoms. The molecular formula is C30H45N7O. The zero-order valence-corrected chi connectivity index (χ0v) is 24.2. The van der Waals surface area contributed by atoms with Gasteiger partial charge in [-0.2, -0.15) is 4.98 Å². The van der Waals surface area contributed by atoms with E-state index < -0.39 is 0 Å². The second kappa shape index (κ2) is 12.2. The van der Waals surface area contributed by atoms with E-state index in [-0.39, 0.29) is 5.41 Å². The highest BCUT2D eigenvalue weighted by atomic mass is 16.5. The molecule has 1 fully saturated rings. The van der Waals surface area contributed by atoms with Gasteiger partial charge < -0.3 is 25.2 Å². The van der Waals surface area contributed by atoms with Gasteiger partial charge in [-0.15, -0.1) is 0 Å². The number of anilines is 3. The Morgan fingerprint density at radius 3 is 2.42 bits per heavy atom. The predicted molar refractivity (Wildman–Crippen MR) is 160 cm³/mol. The number of methoxy groups -OCH3 is 1. The van der Waals surface area contributed by atoms with Gasteiger partial charge in [0.25, 0.3) is 0 Å². The Bertz CT molecular complexity index is 1200. The van der Waals surface area contributed by atoms with Gasteiger partial charge >= 0.3 is 0 Å². The molecule has 1 aliphatic rings. The predicted octanol–water partition coefficient (Wildman–Crippen LogP) is 4.78.